The fourth-order valence-electron chi connectivity index (χ4n) is 2.58. The SMILES string of the molecule is C=CCN1CCC(Nc2cc(C)nc(C(C)C)n2)CC1. The van der Waals surface area contributed by atoms with Crippen LogP contribution in [0.3, 0.4) is 0 Å². The van der Waals surface area contributed by atoms with Crippen LogP contribution in [0.2, 0.25) is 0 Å². The van der Waals surface area contributed by atoms with Crippen molar-refractivity contribution in [3.63, 3.8) is 0 Å². The van der Waals surface area contributed by atoms with Gasteiger partial charge >= 0.3 is 0 Å². The maximum atomic E-state index is 4.63. The lowest BCUT2D eigenvalue weighted by atomic mass is 10.1. The van der Waals surface area contributed by atoms with Gasteiger partial charge in [-0.2, -0.15) is 0 Å². The zero-order valence-electron chi connectivity index (χ0n) is 12.9. The quantitative estimate of drug-likeness (QED) is 0.838. The van der Waals surface area contributed by atoms with Gasteiger partial charge in [-0.05, 0) is 19.8 Å². The van der Waals surface area contributed by atoms with E-state index in [1.165, 1.54) is 0 Å². The maximum Gasteiger partial charge on any atom is 0.133 e. The summed E-state index contributed by atoms with van der Waals surface area (Å²) in [5.41, 5.74) is 1.04. The van der Waals surface area contributed by atoms with Crippen LogP contribution >= 0.6 is 0 Å². The van der Waals surface area contributed by atoms with Crippen LogP contribution in [0.25, 0.3) is 0 Å². The lowest BCUT2D eigenvalue weighted by Gasteiger charge is -2.31. The summed E-state index contributed by atoms with van der Waals surface area (Å²) in [6, 6.07) is 2.56. The standard InChI is InChI=1S/C16H26N4/c1-5-8-20-9-6-14(7-10-20)18-15-11-13(4)17-16(19-15)12(2)3/h5,11-12,14H,1,6-10H2,2-4H3,(H,17,18,19). The van der Waals surface area contributed by atoms with Gasteiger partial charge in [0.2, 0.25) is 0 Å². The van der Waals surface area contributed by atoms with E-state index in [-0.39, 0.29) is 0 Å². The Morgan fingerprint density at radius 2 is 2.10 bits per heavy atom. The summed E-state index contributed by atoms with van der Waals surface area (Å²) in [6.07, 6.45) is 4.30. The molecule has 0 amide bonds. The molecule has 4 heteroatoms. The summed E-state index contributed by atoms with van der Waals surface area (Å²) in [6.45, 7) is 13.4. The number of hydrogen-bond acceptors (Lipinski definition) is 4. The summed E-state index contributed by atoms with van der Waals surface area (Å²) in [7, 11) is 0. The molecule has 1 N–H and O–H groups in total. The van der Waals surface area contributed by atoms with Crippen molar-refractivity contribution in [1.82, 2.24) is 14.9 Å². The fourth-order valence-corrected chi connectivity index (χ4v) is 2.58. The predicted octanol–water partition coefficient (Wildman–Crippen LogP) is 2.97. The molecule has 1 aliphatic heterocycles. The smallest absolute Gasteiger partial charge is 0.133 e. The van der Waals surface area contributed by atoms with E-state index in [0.717, 1.165) is 49.8 Å². The van der Waals surface area contributed by atoms with Crippen LogP contribution in [0.5, 0.6) is 0 Å². The predicted molar refractivity (Wildman–Crippen MR) is 84.1 cm³/mol. The van der Waals surface area contributed by atoms with E-state index in [1.54, 1.807) is 0 Å². The molecule has 0 aliphatic carbocycles. The Morgan fingerprint density at radius 3 is 2.70 bits per heavy atom. The normalized spacial score (nSPS) is 17.4. The van der Waals surface area contributed by atoms with Gasteiger partial charge in [0, 0.05) is 43.4 Å². The van der Waals surface area contributed by atoms with Gasteiger partial charge in [0.05, 0.1) is 0 Å². The largest absolute Gasteiger partial charge is 0.367 e. The van der Waals surface area contributed by atoms with Crippen molar-refractivity contribution in [1.29, 1.82) is 0 Å². The minimum absolute atomic E-state index is 0.366. The molecule has 0 aromatic carbocycles. The van der Waals surface area contributed by atoms with Crippen LogP contribution in [0, 0.1) is 6.92 Å². The summed E-state index contributed by atoms with van der Waals surface area (Å²) >= 11 is 0. The summed E-state index contributed by atoms with van der Waals surface area (Å²) in [5.74, 6) is 2.27. The van der Waals surface area contributed by atoms with E-state index in [9.17, 15) is 0 Å². The molecule has 0 spiro atoms. The third-order valence-corrected chi connectivity index (χ3v) is 3.71. The number of hydrogen-bond donors (Lipinski definition) is 1. The van der Waals surface area contributed by atoms with Crippen molar-refractivity contribution in [2.45, 2.75) is 45.6 Å². The Hall–Kier alpha value is -1.42. The average Bonchev–Trinajstić information content (AvgIpc) is 2.40. The number of nitrogens with zero attached hydrogens (tertiary/aromatic N) is 3. The van der Waals surface area contributed by atoms with E-state index in [2.05, 4.69) is 40.6 Å². The van der Waals surface area contributed by atoms with E-state index in [0.29, 0.717) is 12.0 Å². The summed E-state index contributed by atoms with van der Waals surface area (Å²) < 4.78 is 0. The van der Waals surface area contributed by atoms with Crippen LogP contribution in [-0.4, -0.2) is 40.5 Å². The number of aromatic nitrogens is 2. The number of anilines is 1. The molecule has 1 fully saturated rings. The number of aryl methyl sites for hydroxylation is 1. The zero-order valence-corrected chi connectivity index (χ0v) is 12.9. The molecule has 1 aromatic heterocycles. The van der Waals surface area contributed by atoms with Crippen molar-refractivity contribution < 1.29 is 0 Å². The Balaban J connectivity index is 1.95. The van der Waals surface area contributed by atoms with Gasteiger partial charge in [0.15, 0.2) is 0 Å². The third kappa shape index (κ3) is 4.04. The molecule has 4 nitrogen and oxygen atoms in total. The molecular formula is C16H26N4. The van der Waals surface area contributed by atoms with E-state index in [4.69, 9.17) is 0 Å². The number of nitrogens with one attached hydrogen (secondary N) is 1. The van der Waals surface area contributed by atoms with E-state index >= 15 is 0 Å². The summed E-state index contributed by atoms with van der Waals surface area (Å²) in [5, 5.41) is 3.58. The lowest BCUT2D eigenvalue weighted by Crippen LogP contribution is -2.39. The highest BCUT2D eigenvalue weighted by Gasteiger charge is 2.18. The van der Waals surface area contributed by atoms with Crippen LogP contribution < -0.4 is 5.32 Å². The number of rotatable bonds is 5. The van der Waals surface area contributed by atoms with Gasteiger partial charge in [-0.3, -0.25) is 4.90 Å². The van der Waals surface area contributed by atoms with Crippen molar-refractivity contribution in [3.05, 3.63) is 30.2 Å². The molecular weight excluding hydrogens is 248 g/mol. The molecule has 2 heterocycles. The molecule has 0 saturated carbocycles. The average molecular weight is 274 g/mol. The minimum atomic E-state index is 0.366. The third-order valence-electron chi connectivity index (χ3n) is 3.71. The van der Waals surface area contributed by atoms with Gasteiger partial charge in [-0.25, -0.2) is 9.97 Å². The zero-order chi connectivity index (χ0) is 14.5. The Morgan fingerprint density at radius 1 is 1.40 bits per heavy atom. The second-order valence-corrected chi connectivity index (χ2v) is 5.92. The first-order valence-corrected chi connectivity index (χ1v) is 7.54. The Labute approximate surface area is 122 Å². The Bertz CT molecular complexity index is 448. The molecule has 1 aromatic rings. The molecule has 0 bridgehead atoms. The van der Waals surface area contributed by atoms with Gasteiger partial charge in [-0.1, -0.05) is 19.9 Å². The second-order valence-electron chi connectivity index (χ2n) is 5.92. The van der Waals surface area contributed by atoms with Crippen molar-refractivity contribution in [2.24, 2.45) is 0 Å². The lowest BCUT2D eigenvalue weighted by molar-refractivity contribution is 0.240. The van der Waals surface area contributed by atoms with Gasteiger partial charge < -0.3 is 5.32 Å². The van der Waals surface area contributed by atoms with Gasteiger partial charge in [0.1, 0.15) is 11.6 Å². The minimum Gasteiger partial charge on any atom is -0.367 e. The number of likely N-dealkylation sites (tertiary alicyclic amines) is 1. The van der Waals surface area contributed by atoms with Crippen molar-refractivity contribution in [2.75, 3.05) is 25.0 Å². The fraction of sp³-hybridized carbons (Fsp3) is 0.625. The first-order chi connectivity index (χ1) is 9.58. The Kier molecular flexibility index (Phi) is 5.12. The molecule has 1 aliphatic rings. The summed E-state index contributed by atoms with van der Waals surface area (Å²) in [4.78, 5) is 11.6. The van der Waals surface area contributed by atoms with E-state index in [1.807, 2.05) is 19.1 Å². The highest BCUT2D eigenvalue weighted by molar-refractivity contribution is 5.37. The first kappa shape index (κ1) is 15.0. The van der Waals surface area contributed by atoms with Crippen molar-refractivity contribution >= 4 is 5.82 Å². The molecule has 110 valence electrons. The molecule has 0 atom stereocenters. The molecule has 2 rings (SSSR count). The number of piperidine rings is 1. The molecule has 0 radical (unpaired) electrons. The highest BCUT2D eigenvalue weighted by Crippen LogP contribution is 2.18. The van der Waals surface area contributed by atoms with Crippen molar-refractivity contribution in [3.8, 4) is 0 Å². The maximum absolute atomic E-state index is 4.63. The van der Waals surface area contributed by atoms with E-state index < -0.39 is 0 Å². The molecule has 1 saturated heterocycles. The second kappa shape index (κ2) is 6.84. The van der Waals surface area contributed by atoms with Crippen LogP contribution in [0.1, 0.15) is 44.1 Å². The van der Waals surface area contributed by atoms with Gasteiger partial charge in [0.25, 0.3) is 0 Å². The first-order valence-electron chi connectivity index (χ1n) is 7.54. The molecule has 0 unspecified atom stereocenters. The topological polar surface area (TPSA) is 41.0 Å². The van der Waals surface area contributed by atoms with Gasteiger partial charge in [-0.15, -0.1) is 6.58 Å². The monoisotopic (exact) mass is 274 g/mol. The van der Waals surface area contributed by atoms with Crippen LogP contribution in [0.15, 0.2) is 18.7 Å². The van der Waals surface area contributed by atoms with Crippen LogP contribution in [-0.2, 0) is 0 Å². The highest BCUT2D eigenvalue weighted by atomic mass is 15.1. The molecule has 20 heavy (non-hydrogen) atoms. The van der Waals surface area contributed by atoms with Crippen LogP contribution in [0.4, 0.5) is 5.82 Å².